The van der Waals surface area contributed by atoms with Gasteiger partial charge in [0.2, 0.25) is 5.91 Å². The molecule has 0 saturated carbocycles. The fraction of sp³-hybridized carbons (Fsp3) is 0.235. The standard InChI is InChI=1S/C17H17N3O6S/c1-17(2)10-26-15-9-11(3-8-14(15)18-16(17)21)19-27(24,25)13-6-4-12(5-7-13)20(22)23/h3-9,19H,10H2,1-2H3,(H,18,21). The summed E-state index contributed by atoms with van der Waals surface area (Å²) in [4.78, 5) is 22.1. The van der Waals surface area contributed by atoms with E-state index >= 15 is 0 Å². The van der Waals surface area contributed by atoms with E-state index in [0.29, 0.717) is 11.4 Å². The van der Waals surface area contributed by atoms with Crippen LogP contribution in [0.3, 0.4) is 0 Å². The number of hydrogen-bond donors (Lipinski definition) is 2. The molecule has 0 spiro atoms. The molecule has 0 unspecified atom stereocenters. The van der Waals surface area contributed by atoms with Crippen molar-refractivity contribution in [3.05, 3.63) is 52.6 Å². The summed E-state index contributed by atoms with van der Waals surface area (Å²) in [7, 11) is -3.94. The van der Waals surface area contributed by atoms with Crippen molar-refractivity contribution in [2.75, 3.05) is 16.6 Å². The van der Waals surface area contributed by atoms with Crippen molar-refractivity contribution < 1.29 is 22.9 Å². The highest BCUT2D eigenvalue weighted by Crippen LogP contribution is 2.34. The molecule has 10 heteroatoms. The first-order valence-corrected chi connectivity index (χ1v) is 9.42. The second-order valence-corrected chi connectivity index (χ2v) is 8.38. The summed E-state index contributed by atoms with van der Waals surface area (Å²) in [6, 6.07) is 9.05. The summed E-state index contributed by atoms with van der Waals surface area (Å²) < 4.78 is 33.0. The van der Waals surface area contributed by atoms with Gasteiger partial charge in [0, 0.05) is 18.2 Å². The van der Waals surface area contributed by atoms with Gasteiger partial charge in [-0.1, -0.05) is 0 Å². The summed E-state index contributed by atoms with van der Waals surface area (Å²) in [5.41, 5.74) is -0.243. The van der Waals surface area contributed by atoms with Crippen LogP contribution in [0, 0.1) is 15.5 Å². The van der Waals surface area contributed by atoms with Gasteiger partial charge in [-0.05, 0) is 38.1 Å². The fourth-order valence-corrected chi connectivity index (χ4v) is 3.43. The molecule has 1 amide bonds. The normalized spacial score (nSPS) is 15.7. The van der Waals surface area contributed by atoms with E-state index in [0.717, 1.165) is 24.3 Å². The van der Waals surface area contributed by atoms with Gasteiger partial charge in [-0.3, -0.25) is 19.6 Å². The maximum atomic E-state index is 12.5. The third-order valence-electron chi connectivity index (χ3n) is 4.04. The second kappa shape index (κ2) is 6.54. The summed E-state index contributed by atoms with van der Waals surface area (Å²) in [6.07, 6.45) is 0. The molecule has 2 aromatic carbocycles. The van der Waals surface area contributed by atoms with E-state index < -0.39 is 20.4 Å². The number of sulfonamides is 1. The Morgan fingerprint density at radius 2 is 1.85 bits per heavy atom. The molecule has 142 valence electrons. The number of nitro benzene ring substituents is 1. The molecule has 9 nitrogen and oxygen atoms in total. The molecule has 0 bridgehead atoms. The molecule has 3 rings (SSSR count). The number of benzene rings is 2. The molecular formula is C17H17N3O6S. The number of anilines is 2. The first-order valence-electron chi connectivity index (χ1n) is 7.94. The molecular weight excluding hydrogens is 374 g/mol. The first-order chi connectivity index (χ1) is 12.6. The minimum atomic E-state index is -3.94. The van der Waals surface area contributed by atoms with E-state index in [-0.39, 0.29) is 28.8 Å². The van der Waals surface area contributed by atoms with Gasteiger partial charge in [0.15, 0.2) is 0 Å². The van der Waals surface area contributed by atoms with Gasteiger partial charge in [0.25, 0.3) is 15.7 Å². The third kappa shape index (κ3) is 3.85. The summed E-state index contributed by atoms with van der Waals surface area (Å²) >= 11 is 0. The Balaban J connectivity index is 1.85. The monoisotopic (exact) mass is 391 g/mol. The molecule has 2 N–H and O–H groups in total. The van der Waals surface area contributed by atoms with Crippen molar-refractivity contribution in [3.63, 3.8) is 0 Å². The van der Waals surface area contributed by atoms with Crippen LogP contribution >= 0.6 is 0 Å². The fourth-order valence-electron chi connectivity index (χ4n) is 2.38. The number of amides is 1. The average molecular weight is 391 g/mol. The zero-order valence-electron chi connectivity index (χ0n) is 14.6. The Morgan fingerprint density at radius 1 is 1.19 bits per heavy atom. The number of carbonyl (C=O) groups excluding carboxylic acids is 1. The molecule has 2 aromatic rings. The molecule has 1 heterocycles. The van der Waals surface area contributed by atoms with Crippen molar-refractivity contribution in [1.29, 1.82) is 0 Å². The van der Waals surface area contributed by atoms with Gasteiger partial charge in [0.1, 0.15) is 12.4 Å². The second-order valence-electron chi connectivity index (χ2n) is 6.69. The van der Waals surface area contributed by atoms with Gasteiger partial charge in [0.05, 0.1) is 26.6 Å². The predicted molar refractivity (Wildman–Crippen MR) is 98.3 cm³/mol. The van der Waals surface area contributed by atoms with Crippen molar-refractivity contribution >= 4 is 33.0 Å². The van der Waals surface area contributed by atoms with Crippen LogP contribution in [0.5, 0.6) is 5.75 Å². The Hall–Kier alpha value is -3.14. The lowest BCUT2D eigenvalue weighted by Gasteiger charge is -2.18. The molecule has 0 atom stereocenters. The summed E-state index contributed by atoms with van der Waals surface area (Å²) in [6.45, 7) is 3.63. The highest BCUT2D eigenvalue weighted by atomic mass is 32.2. The topological polar surface area (TPSA) is 128 Å². The highest BCUT2D eigenvalue weighted by Gasteiger charge is 2.32. The van der Waals surface area contributed by atoms with Crippen LogP contribution in [0.25, 0.3) is 0 Å². The van der Waals surface area contributed by atoms with Crippen LogP contribution in [-0.2, 0) is 14.8 Å². The maximum Gasteiger partial charge on any atom is 0.269 e. The van der Waals surface area contributed by atoms with Crippen molar-refractivity contribution in [2.45, 2.75) is 18.7 Å². The minimum absolute atomic E-state index is 0.113. The van der Waals surface area contributed by atoms with Gasteiger partial charge in [-0.2, -0.15) is 0 Å². The van der Waals surface area contributed by atoms with E-state index in [4.69, 9.17) is 4.74 Å². The third-order valence-corrected chi connectivity index (χ3v) is 5.44. The Labute approximate surface area is 155 Å². The van der Waals surface area contributed by atoms with Crippen molar-refractivity contribution in [2.24, 2.45) is 5.41 Å². The molecule has 1 aliphatic rings. The van der Waals surface area contributed by atoms with Crippen LogP contribution in [0.1, 0.15) is 13.8 Å². The first kappa shape index (κ1) is 18.6. The smallest absolute Gasteiger partial charge is 0.269 e. The van der Waals surface area contributed by atoms with Gasteiger partial charge in [-0.15, -0.1) is 0 Å². The van der Waals surface area contributed by atoms with E-state index in [1.54, 1.807) is 19.9 Å². The number of carbonyl (C=O) groups is 1. The lowest BCUT2D eigenvalue weighted by Crippen LogP contribution is -2.33. The molecule has 0 radical (unpaired) electrons. The Morgan fingerprint density at radius 3 is 2.48 bits per heavy atom. The molecule has 0 aliphatic carbocycles. The number of nitrogens with zero attached hydrogens (tertiary/aromatic N) is 1. The van der Waals surface area contributed by atoms with E-state index in [1.807, 2.05) is 0 Å². The number of hydrogen-bond acceptors (Lipinski definition) is 6. The van der Waals surface area contributed by atoms with Crippen molar-refractivity contribution in [1.82, 2.24) is 0 Å². The number of non-ortho nitro benzene ring substituents is 1. The summed E-state index contributed by atoms with van der Waals surface area (Å²) in [5.74, 6) is 0.151. The van der Waals surface area contributed by atoms with E-state index in [2.05, 4.69) is 10.0 Å². The zero-order chi connectivity index (χ0) is 19.8. The maximum absolute atomic E-state index is 12.5. The quantitative estimate of drug-likeness (QED) is 0.609. The lowest BCUT2D eigenvalue weighted by atomic mass is 9.94. The van der Waals surface area contributed by atoms with Crippen LogP contribution in [0.15, 0.2) is 47.4 Å². The number of rotatable bonds is 4. The van der Waals surface area contributed by atoms with Crippen molar-refractivity contribution in [3.8, 4) is 5.75 Å². The molecule has 1 aliphatic heterocycles. The highest BCUT2D eigenvalue weighted by molar-refractivity contribution is 7.92. The Kier molecular flexibility index (Phi) is 4.52. The van der Waals surface area contributed by atoms with Crippen LogP contribution in [-0.4, -0.2) is 25.9 Å². The largest absolute Gasteiger partial charge is 0.490 e. The van der Waals surface area contributed by atoms with E-state index in [1.165, 1.54) is 12.1 Å². The minimum Gasteiger partial charge on any atom is -0.490 e. The lowest BCUT2D eigenvalue weighted by molar-refractivity contribution is -0.384. The summed E-state index contributed by atoms with van der Waals surface area (Å²) in [5, 5.41) is 13.4. The van der Waals surface area contributed by atoms with Crippen LogP contribution in [0.2, 0.25) is 0 Å². The zero-order valence-corrected chi connectivity index (χ0v) is 15.4. The van der Waals surface area contributed by atoms with Gasteiger partial charge in [-0.25, -0.2) is 8.42 Å². The number of fused-ring (bicyclic) bond motifs is 1. The average Bonchev–Trinajstić information content (AvgIpc) is 2.71. The van der Waals surface area contributed by atoms with Gasteiger partial charge >= 0.3 is 0 Å². The van der Waals surface area contributed by atoms with Crippen LogP contribution < -0.4 is 14.8 Å². The number of nitrogens with one attached hydrogen (secondary N) is 2. The molecule has 0 saturated heterocycles. The van der Waals surface area contributed by atoms with Gasteiger partial charge < -0.3 is 10.1 Å². The molecule has 27 heavy (non-hydrogen) atoms. The van der Waals surface area contributed by atoms with E-state index in [9.17, 15) is 23.3 Å². The van der Waals surface area contributed by atoms with Crippen LogP contribution in [0.4, 0.5) is 17.1 Å². The predicted octanol–water partition coefficient (Wildman–Crippen LogP) is 2.75. The molecule has 0 fully saturated rings. The SMILES string of the molecule is CC1(C)COc2cc(NS(=O)(=O)c3ccc([N+](=O)[O-])cc3)ccc2NC1=O. The molecule has 0 aromatic heterocycles. The Bertz CT molecular complexity index is 1020. The number of nitro groups is 1. The number of ether oxygens (including phenoxy) is 1.